The third-order valence-electron chi connectivity index (χ3n) is 2.69. The molecule has 0 aliphatic carbocycles. The molecular weight excluding hydrogens is 200 g/mol. The van der Waals surface area contributed by atoms with Crippen LogP contribution in [0.25, 0.3) is 0 Å². The minimum Gasteiger partial charge on any atom is -0.497 e. The summed E-state index contributed by atoms with van der Waals surface area (Å²) in [5.74, 6) is 0.917. The molecule has 1 aromatic carbocycles. The van der Waals surface area contributed by atoms with E-state index in [2.05, 4.69) is 43.4 Å². The molecule has 1 aromatic rings. The van der Waals surface area contributed by atoms with Crippen LogP contribution >= 0.6 is 0 Å². The first-order valence-electron chi connectivity index (χ1n) is 5.70. The fourth-order valence-electron chi connectivity index (χ4n) is 1.73. The first kappa shape index (κ1) is 13.0. The molecule has 0 saturated carbocycles. The van der Waals surface area contributed by atoms with Crippen molar-refractivity contribution in [3.05, 3.63) is 29.8 Å². The first-order valence-corrected chi connectivity index (χ1v) is 5.70. The van der Waals surface area contributed by atoms with Crippen LogP contribution < -0.4 is 10.1 Å². The van der Waals surface area contributed by atoms with E-state index in [1.165, 1.54) is 5.56 Å². The number of rotatable bonds is 6. The van der Waals surface area contributed by atoms with E-state index in [0.717, 1.165) is 18.8 Å². The fourth-order valence-corrected chi connectivity index (χ4v) is 1.73. The minimum atomic E-state index is 0.384. The Labute approximate surface area is 98.4 Å². The Balaban J connectivity index is 2.82. The van der Waals surface area contributed by atoms with E-state index >= 15 is 0 Å². The molecule has 0 aliphatic heterocycles. The molecule has 3 heteroatoms. The quantitative estimate of drug-likeness (QED) is 0.795. The molecule has 1 N–H and O–H groups in total. The standard InChI is InChI=1S/C13H22N2O/c1-5-14-10-13(15(2)3)11-7-6-8-12(9-11)16-4/h6-9,13-14H,5,10H2,1-4H3. The van der Waals surface area contributed by atoms with Gasteiger partial charge in [0.15, 0.2) is 0 Å². The molecule has 1 rings (SSSR count). The molecule has 1 unspecified atom stereocenters. The van der Waals surface area contributed by atoms with Crippen LogP contribution in [0.3, 0.4) is 0 Å². The molecule has 0 aliphatic rings. The van der Waals surface area contributed by atoms with E-state index in [-0.39, 0.29) is 0 Å². The minimum absolute atomic E-state index is 0.384. The maximum Gasteiger partial charge on any atom is 0.119 e. The van der Waals surface area contributed by atoms with E-state index < -0.39 is 0 Å². The normalized spacial score (nSPS) is 12.8. The van der Waals surface area contributed by atoms with Gasteiger partial charge >= 0.3 is 0 Å². The predicted octanol–water partition coefficient (Wildman–Crippen LogP) is 1.91. The third-order valence-corrected chi connectivity index (χ3v) is 2.69. The lowest BCUT2D eigenvalue weighted by Crippen LogP contribution is -2.30. The molecule has 1 atom stereocenters. The molecule has 0 saturated heterocycles. The predicted molar refractivity (Wildman–Crippen MR) is 68.0 cm³/mol. The number of methoxy groups -OCH3 is 1. The highest BCUT2D eigenvalue weighted by Crippen LogP contribution is 2.21. The number of nitrogens with zero attached hydrogens (tertiary/aromatic N) is 1. The summed E-state index contributed by atoms with van der Waals surface area (Å²) in [4.78, 5) is 2.22. The highest BCUT2D eigenvalue weighted by molar-refractivity contribution is 5.30. The highest BCUT2D eigenvalue weighted by Gasteiger charge is 2.13. The number of nitrogens with one attached hydrogen (secondary N) is 1. The van der Waals surface area contributed by atoms with E-state index in [0.29, 0.717) is 6.04 Å². The smallest absolute Gasteiger partial charge is 0.119 e. The van der Waals surface area contributed by atoms with Gasteiger partial charge in [-0.2, -0.15) is 0 Å². The molecule has 16 heavy (non-hydrogen) atoms. The molecular formula is C13H22N2O. The summed E-state index contributed by atoms with van der Waals surface area (Å²) in [5, 5.41) is 3.38. The molecule has 0 amide bonds. The molecule has 3 nitrogen and oxygen atoms in total. The Morgan fingerprint density at radius 2 is 2.12 bits per heavy atom. The summed E-state index contributed by atoms with van der Waals surface area (Å²) in [6.07, 6.45) is 0. The van der Waals surface area contributed by atoms with Crippen molar-refractivity contribution in [3.8, 4) is 5.75 Å². The van der Waals surface area contributed by atoms with Gasteiger partial charge in [-0.05, 0) is 38.3 Å². The number of ether oxygens (including phenoxy) is 1. The molecule has 90 valence electrons. The Kier molecular flexibility index (Phi) is 5.29. The Morgan fingerprint density at radius 1 is 1.38 bits per heavy atom. The Morgan fingerprint density at radius 3 is 2.69 bits per heavy atom. The van der Waals surface area contributed by atoms with Crippen molar-refractivity contribution in [3.63, 3.8) is 0 Å². The first-order chi connectivity index (χ1) is 7.69. The van der Waals surface area contributed by atoms with Gasteiger partial charge in [-0.1, -0.05) is 19.1 Å². The lowest BCUT2D eigenvalue weighted by Gasteiger charge is -2.25. The van der Waals surface area contributed by atoms with Crippen LogP contribution in [0.2, 0.25) is 0 Å². The van der Waals surface area contributed by atoms with Crippen LogP contribution in [0.4, 0.5) is 0 Å². The molecule has 0 heterocycles. The van der Waals surface area contributed by atoms with Crippen LogP contribution in [0.1, 0.15) is 18.5 Å². The zero-order chi connectivity index (χ0) is 12.0. The van der Waals surface area contributed by atoms with Crippen LogP contribution in [-0.2, 0) is 0 Å². The van der Waals surface area contributed by atoms with Gasteiger partial charge in [-0.25, -0.2) is 0 Å². The van der Waals surface area contributed by atoms with E-state index in [1.807, 2.05) is 12.1 Å². The van der Waals surface area contributed by atoms with Gasteiger partial charge in [-0.3, -0.25) is 0 Å². The van der Waals surface area contributed by atoms with Crippen molar-refractivity contribution in [2.24, 2.45) is 0 Å². The number of hydrogen-bond donors (Lipinski definition) is 1. The Bertz CT molecular complexity index is 313. The topological polar surface area (TPSA) is 24.5 Å². The number of likely N-dealkylation sites (N-methyl/N-ethyl adjacent to an activating group) is 2. The second-order valence-corrected chi connectivity index (χ2v) is 4.06. The van der Waals surface area contributed by atoms with Crippen molar-refractivity contribution >= 4 is 0 Å². The zero-order valence-electron chi connectivity index (χ0n) is 10.7. The van der Waals surface area contributed by atoms with Crippen LogP contribution in [0, 0.1) is 0 Å². The van der Waals surface area contributed by atoms with Gasteiger partial charge in [-0.15, -0.1) is 0 Å². The van der Waals surface area contributed by atoms with Gasteiger partial charge in [0.05, 0.1) is 7.11 Å². The monoisotopic (exact) mass is 222 g/mol. The van der Waals surface area contributed by atoms with Gasteiger partial charge in [0.25, 0.3) is 0 Å². The van der Waals surface area contributed by atoms with Gasteiger partial charge < -0.3 is 15.0 Å². The lowest BCUT2D eigenvalue weighted by atomic mass is 10.1. The van der Waals surface area contributed by atoms with Crippen molar-refractivity contribution in [2.45, 2.75) is 13.0 Å². The summed E-state index contributed by atoms with van der Waals surface area (Å²) < 4.78 is 5.25. The average molecular weight is 222 g/mol. The summed E-state index contributed by atoms with van der Waals surface area (Å²) in [6.45, 7) is 4.07. The van der Waals surface area contributed by atoms with Gasteiger partial charge in [0, 0.05) is 12.6 Å². The van der Waals surface area contributed by atoms with Gasteiger partial charge in [0.2, 0.25) is 0 Å². The van der Waals surface area contributed by atoms with E-state index in [4.69, 9.17) is 4.74 Å². The van der Waals surface area contributed by atoms with Crippen LogP contribution in [0.15, 0.2) is 24.3 Å². The van der Waals surface area contributed by atoms with Crippen LogP contribution in [0.5, 0.6) is 5.75 Å². The van der Waals surface area contributed by atoms with Gasteiger partial charge in [0.1, 0.15) is 5.75 Å². The zero-order valence-corrected chi connectivity index (χ0v) is 10.7. The SMILES string of the molecule is CCNCC(c1cccc(OC)c1)N(C)C. The fraction of sp³-hybridized carbons (Fsp3) is 0.538. The van der Waals surface area contributed by atoms with Crippen molar-refractivity contribution in [1.82, 2.24) is 10.2 Å². The largest absolute Gasteiger partial charge is 0.497 e. The van der Waals surface area contributed by atoms with E-state index in [9.17, 15) is 0 Å². The van der Waals surface area contributed by atoms with Crippen molar-refractivity contribution in [1.29, 1.82) is 0 Å². The molecule has 0 bridgehead atoms. The molecule has 0 fully saturated rings. The number of benzene rings is 1. The highest BCUT2D eigenvalue weighted by atomic mass is 16.5. The summed E-state index contributed by atoms with van der Waals surface area (Å²) >= 11 is 0. The molecule has 0 spiro atoms. The lowest BCUT2D eigenvalue weighted by molar-refractivity contribution is 0.289. The average Bonchev–Trinajstić information content (AvgIpc) is 2.29. The van der Waals surface area contributed by atoms with Crippen molar-refractivity contribution < 1.29 is 4.74 Å². The van der Waals surface area contributed by atoms with Crippen LogP contribution in [-0.4, -0.2) is 39.2 Å². The maximum absolute atomic E-state index is 5.25. The maximum atomic E-state index is 5.25. The second-order valence-electron chi connectivity index (χ2n) is 4.06. The summed E-state index contributed by atoms with van der Waals surface area (Å²) in [5.41, 5.74) is 1.28. The number of hydrogen-bond acceptors (Lipinski definition) is 3. The molecule has 0 radical (unpaired) electrons. The summed E-state index contributed by atoms with van der Waals surface area (Å²) in [6, 6.07) is 8.64. The van der Waals surface area contributed by atoms with Crippen molar-refractivity contribution in [2.75, 3.05) is 34.3 Å². The second kappa shape index (κ2) is 6.51. The summed E-state index contributed by atoms with van der Waals surface area (Å²) in [7, 11) is 5.90. The Hall–Kier alpha value is -1.06. The van der Waals surface area contributed by atoms with E-state index in [1.54, 1.807) is 7.11 Å². The third kappa shape index (κ3) is 3.51. The molecule has 0 aromatic heterocycles.